The Morgan fingerprint density at radius 3 is 2.66 bits per heavy atom. The normalized spacial score (nSPS) is 16.6. The lowest BCUT2D eigenvalue weighted by Crippen LogP contribution is -2.32. The highest BCUT2D eigenvalue weighted by atomic mass is 35.5. The van der Waals surface area contributed by atoms with E-state index in [0.717, 1.165) is 43.7 Å². The van der Waals surface area contributed by atoms with E-state index in [4.69, 9.17) is 16.3 Å². The SMILES string of the molecule is COc1cccc2c1N(CCC(=O)Nc1cc(S(=O)(=O)N3CCCC3)ccc1Cl)CCC2. The highest BCUT2D eigenvalue weighted by Gasteiger charge is 2.28. The van der Waals surface area contributed by atoms with E-state index in [1.165, 1.54) is 28.1 Å². The maximum absolute atomic E-state index is 12.8. The van der Waals surface area contributed by atoms with Crippen molar-refractivity contribution in [2.75, 3.05) is 43.5 Å². The van der Waals surface area contributed by atoms with Crippen molar-refractivity contribution >= 4 is 38.9 Å². The van der Waals surface area contributed by atoms with Crippen LogP contribution in [-0.2, 0) is 21.2 Å². The number of nitrogens with zero attached hydrogens (tertiary/aromatic N) is 2. The molecule has 0 aliphatic carbocycles. The Bertz CT molecular complexity index is 1090. The minimum atomic E-state index is -3.58. The van der Waals surface area contributed by atoms with Gasteiger partial charge < -0.3 is 15.0 Å². The first-order chi connectivity index (χ1) is 15.4. The van der Waals surface area contributed by atoms with Crippen LogP contribution in [0.4, 0.5) is 11.4 Å². The highest BCUT2D eigenvalue weighted by Crippen LogP contribution is 2.36. The topological polar surface area (TPSA) is 79.0 Å². The summed E-state index contributed by atoms with van der Waals surface area (Å²) >= 11 is 6.26. The van der Waals surface area contributed by atoms with Gasteiger partial charge in [0, 0.05) is 32.6 Å². The van der Waals surface area contributed by atoms with Gasteiger partial charge in [-0.15, -0.1) is 0 Å². The van der Waals surface area contributed by atoms with Crippen LogP contribution < -0.4 is 15.0 Å². The number of para-hydroxylation sites is 1. The molecule has 1 fully saturated rings. The number of hydrogen-bond acceptors (Lipinski definition) is 5. The molecule has 7 nitrogen and oxygen atoms in total. The minimum Gasteiger partial charge on any atom is -0.495 e. The molecule has 172 valence electrons. The predicted octanol–water partition coefficient (Wildman–Crippen LogP) is 3.91. The number of fused-ring (bicyclic) bond motifs is 1. The number of carbonyl (C=O) groups is 1. The monoisotopic (exact) mass is 477 g/mol. The van der Waals surface area contributed by atoms with Gasteiger partial charge in [-0.3, -0.25) is 4.79 Å². The molecule has 0 radical (unpaired) electrons. The summed E-state index contributed by atoms with van der Waals surface area (Å²) in [6.07, 6.45) is 3.98. The number of halogens is 1. The largest absolute Gasteiger partial charge is 0.495 e. The van der Waals surface area contributed by atoms with Crippen molar-refractivity contribution < 1.29 is 17.9 Å². The summed E-state index contributed by atoms with van der Waals surface area (Å²) in [5, 5.41) is 3.10. The van der Waals surface area contributed by atoms with E-state index in [9.17, 15) is 13.2 Å². The number of sulfonamides is 1. The van der Waals surface area contributed by atoms with Crippen LogP contribution in [0.25, 0.3) is 0 Å². The van der Waals surface area contributed by atoms with Crippen molar-refractivity contribution in [3.05, 3.63) is 47.0 Å². The summed E-state index contributed by atoms with van der Waals surface area (Å²) in [4.78, 5) is 15.0. The molecule has 0 spiro atoms. The average molecular weight is 478 g/mol. The molecular weight excluding hydrogens is 450 g/mol. The molecule has 9 heteroatoms. The lowest BCUT2D eigenvalue weighted by atomic mass is 10.0. The van der Waals surface area contributed by atoms with Crippen molar-refractivity contribution in [2.24, 2.45) is 0 Å². The van der Waals surface area contributed by atoms with E-state index in [-0.39, 0.29) is 17.2 Å². The Labute approximate surface area is 194 Å². The number of ether oxygens (including phenoxy) is 1. The Hall–Kier alpha value is -2.29. The molecule has 32 heavy (non-hydrogen) atoms. The van der Waals surface area contributed by atoms with Gasteiger partial charge in [-0.2, -0.15) is 4.31 Å². The fraction of sp³-hybridized carbons (Fsp3) is 0.435. The second-order valence-corrected chi connectivity index (χ2v) is 10.5. The van der Waals surface area contributed by atoms with Crippen LogP contribution in [0.2, 0.25) is 5.02 Å². The molecule has 2 aliphatic rings. The summed E-state index contributed by atoms with van der Waals surface area (Å²) in [7, 11) is -1.93. The lowest BCUT2D eigenvalue weighted by molar-refractivity contribution is -0.116. The van der Waals surface area contributed by atoms with Crippen molar-refractivity contribution in [1.29, 1.82) is 0 Å². The first-order valence-corrected chi connectivity index (χ1v) is 12.7. The first kappa shape index (κ1) is 22.9. The molecule has 0 bridgehead atoms. The maximum Gasteiger partial charge on any atom is 0.243 e. The molecular formula is C23H28ClN3O4S. The van der Waals surface area contributed by atoms with Crippen molar-refractivity contribution in [3.63, 3.8) is 0 Å². The van der Waals surface area contributed by atoms with Gasteiger partial charge in [0.05, 0.1) is 28.4 Å². The van der Waals surface area contributed by atoms with Crippen LogP contribution in [0.15, 0.2) is 41.3 Å². The number of methoxy groups -OCH3 is 1. The van der Waals surface area contributed by atoms with Crippen LogP contribution in [-0.4, -0.2) is 51.9 Å². The Kier molecular flexibility index (Phi) is 6.93. The van der Waals surface area contributed by atoms with Crippen LogP contribution in [0.5, 0.6) is 5.75 Å². The molecule has 1 N–H and O–H groups in total. The Morgan fingerprint density at radius 2 is 1.91 bits per heavy atom. The van der Waals surface area contributed by atoms with Crippen molar-refractivity contribution in [2.45, 2.75) is 37.0 Å². The minimum absolute atomic E-state index is 0.147. The highest BCUT2D eigenvalue weighted by molar-refractivity contribution is 7.89. The number of hydrogen-bond donors (Lipinski definition) is 1. The molecule has 1 saturated heterocycles. The van der Waals surface area contributed by atoms with Gasteiger partial charge in [0.15, 0.2) is 0 Å². The van der Waals surface area contributed by atoms with Gasteiger partial charge in [0.2, 0.25) is 15.9 Å². The number of rotatable bonds is 7. The summed E-state index contributed by atoms with van der Waals surface area (Å²) < 4.78 is 32.7. The maximum atomic E-state index is 12.8. The molecule has 0 saturated carbocycles. The third kappa shape index (κ3) is 4.72. The van der Waals surface area contributed by atoms with Crippen molar-refractivity contribution in [1.82, 2.24) is 4.31 Å². The molecule has 2 aromatic carbocycles. The van der Waals surface area contributed by atoms with Gasteiger partial charge >= 0.3 is 0 Å². The van der Waals surface area contributed by atoms with E-state index in [1.54, 1.807) is 7.11 Å². The zero-order valence-corrected chi connectivity index (χ0v) is 19.7. The summed E-state index contributed by atoms with van der Waals surface area (Å²) in [6, 6.07) is 10.5. The fourth-order valence-electron chi connectivity index (χ4n) is 4.38. The predicted molar refractivity (Wildman–Crippen MR) is 126 cm³/mol. The van der Waals surface area contributed by atoms with E-state index < -0.39 is 10.0 Å². The molecule has 2 heterocycles. The number of amides is 1. The fourth-order valence-corrected chi connectivity index (χ4v) is 6.08. The number of aryl methyl sites for hydroxylation is 1. The molecule has 2 aliphatic heterocycles. The Balaban J connectivity index is 1.45. The van der Waals surface area contributed by atoms with Crippen molar-refractivity contribution in [3.8, 4) is 5.75 Å². The molecule has 4 rings (SSSR count). The summed E-state index contributed by atoms with van der Waals surface area (Å²) in [5.41, 5.74) is 2.58. The third-order valence-electron chi connectivity index (χ3n) is 6.02. The summed E-state index contributed by atoms with van der Waals surface area (Å²) in [6.45, 7) is 2.43. The lowest BCUT2D eigenvalue weighted by Gasteiger charge is -2.32. The molecule has 0 aromatic heterocycles. The molecule has 2 aromatic rings. The van der Waals surface area contributed by atoms with E-state index >= 15 is 0 Å². The number of carbonyl (C=O) groups excluding carboxylic acids is 1. The third-order valence-corrected chi connectivity index (χ3v) is 8.24. The molecule has 1 amide bonds. The number of benzene rings is 2. The Morgan fingerprint density at radius 1 is 1.12 bits per heavy atom. The average Bonchev–Trinajstić information content (AvgIpc) is 3.34. The van der Waals surface area contributed by atoms with Gasteiger partial charge in [-0.05, 0) is 55.5 Å². The van der Waals surface area contributed by atoms with E-state index in [0.29, 0.717) is 30.3 Å². The molecule has 0 unspecified atom stereocenters. The van der Waals surface area contributed by atoms with Crippen LogP contribution in [0.3, 0.4) is 0 Å². The summed E-state index contributed by atoms with van der Waals surface area (Å²) in [5.74, 6) is 0.593. The quantitative estimate of drug-likeness (QED) is 0.654. The van der Waals surface area contributed by atoms with Gasteiger partial charge in [-0.1, -0.05) is 23.7 Å². The standard InChI is InChI=1S/C23H28ClN3O4S/c1-31-21-8-4-6-17-7-5-12-26(23(17)21)15-11-22(28)25-20-16-18(9-10-19(20)24)32(29,30)27-13-2-3-14-27/h4,6,8-10,16H,2-3,5,7,11-15H2,1H3,(H,25,28). The zero-order valence-electron chi connectivity index (χ0n) is 18.1. The molecule has 0 atom stereocenters. The second kappa shape index (κ2) is 9.68. The zero-order chi connectivity index (χ0) is 22.7. The van der Waals surface area contributed by atoms with E-state index in [1.807, 2.05) is 12.1 Å². The van der Waals surface area contributed by atoms with Gasteiger partial charge in [0.25, 0.3) is 0 Å². The number of nitrogens with one attached hydrogen (secondary N) is 1. The van der Waals surface area contributed by atoms with Gasteiger partial charge in [-0.25, -0.2) is 8.42 Å². The van der Waals surface area contributed by atoms with Gasteiger partial charge in [0.1, 0.15) is 5.75 Å². The van der Waals surface area contributed by atoms with E-state index in [2.05, 4.69) is 16.3 Å². The smallest absolute Gasteiger partial charge is 0.243 e. The number of anilines is 2. The van der Waals surface area contributed by atoms with Crippen LogP contribution in [0, 0.1) is 0 Å². The van der Waals surface area contributed by atoms with Crippen LogP contribution >= 0.6 is 11.6 Å². The second-order valence-electron chi connectivity index (χ2n) is 8.11. The first-order valence-electron chi connectivity index (χ1n) is 10.9. The van der Waals surface area contributed by atoms with Crippen LogP contribution in [0.1, 0.15) is 31.2 Å².